The second-order valence-electron chi connectivity index (χ2n) is 1.14. The zero-order valence-corrected chi connectivity index (χ0v) is 3.94. The minimum atomic E-state index is -4.86. The Morgan fingerprint density at radius 3 is 1.78 bits per heavy atom. The van der Waals surface area contributed by atoms with E-state index in [4.69, 9.17) is 0 Å². The molecule has 7 heteroatoms. The van der Waals surface area contributed by atoms with Gasteiger partial charge in [0.05, 0.1) is 0 Å². The zero-order chi connectivity index (χ0) is 7.65. The average molecular weight is 146 g/mol. The third-order valence-corrected chi connectivity index (χ3v) is 0.509. The van der Waals surface area contributed by atoms with Gasteiger partial charge in [-0.3, -0.25) is 4.79 Å². The molecule has 3 nitrogen and oxygen atoms in total. The number of carbonyl (C=O) groups is 1. The van der Waals surface area contributed by atoms with Gasteiger partial charge in [0.1, 0.15) is 5.34 Å². The van der Waals surface area contributed by atoms with Crippen LogP contribution in [0.3, 0.4) is 0 Å². The molecule has 0 saturated carbocycles. The molecule has 0 saturated heterocycles. The summed E-state index contributed by atoms with van der Waals surface area (Å²) < 4.78 is 44.4. The molecule has 0 aliphatic heterocycles. The van der Waals surface area contributed by atoms with E-state index in [-0.39, 0.29) is 0 Å². The molecule has 0 bridgehead atoms. The predicted octanol–water partition coefficient (Wildman–Crippen LogP) is 0.136. The third-order valence-electron chi connectivity index (χ3n) is 0.509. The summed E-state index contributed by atoms with van der Waals surface area (Å²) >= 11 is 0. The van der Waals surface area contributed by atoms with Crippen LogP contribution in [0.15, 0.2) is 0 Å². The Labute approximate surface area is 46.9 Å². The number of carbonyl (C=O) groups excluding carboxylic acids is 1. The molecule has 54 valence electrons. The van der Waals surface area contributed by atoms with Crippen molar-refractivity contribution in [3.63, 3.8) is 0 Å². The monoisotopic (exact) mass is 146 g/mol. The number of halogens is 4. The van der Waals surface area contributed by atoms with Crippen molar-refractivity contribution < 1.29 is 22.5 Å². The Balaban J connectivity index is 4.19. The van der Waals surface area contributed by atoms with Crippen molar-refractivity contribution in [3.8, 4) is 0 Å². The van der Waals surface area contributed by atoms with Crippen LogP contribution < -0.4 is 5.73 Å². The van der Waals surface area contributed by atoms with Crippen molar-refractivity contribution in [1.82, 2.24) is 5.34 Å². The first-order valence-electron chi connectivity index (χ1n) is 1.68. The highest BCUT2D eigenvalue weighted by molar-refractivity contribution is 5.80. The number of hydrogen-bond donors (Lipinski definition) is 1. The van der Waals surface area contributed by atoms with Gasteiger partial charge in [-0.15, -0.1) is 0 Å². The Morgan fingerprint density at radius 2 is 1.78 bits per heavy atom. The molecular weight excluding hydrogens is 144 g/mol. The summed E-state index contributed by atoms with van der Waals surface area (Å²) in [5.74, 6) is -2.38. The van der Waals surface area contributed by atoms with Gasteiger partial charge in [0.25, 0.3) is 0 Å². The maximum Gasteiger partial charge on any atom is 0.435 e. The third kappa shape index (κ3) is 1.53. The molecule has 0 aromatic carbocycles. The lowest BCUT2D eigenvalue weighted by Gasteiger charge is -2.09. The lowest BCUT2D eigenvalue weighted by atomic mass is 10.5. The van der Waals surface area contributed by atoms with Crippen LogP contribution in [0.4, 0.5) is 17.7 Å². The van der Waals surface area contributed by atoms with Crippen LogP contribution in [0.1, 0.15) is 0 Å². The fourth-order valence-electron chi connectivity index (χ4n) is 0.0833. The largest absolute Gasteiger partial charge is 0.435 e. The van der Waals surface area contributed by atoms with Gasteiger partial charge in [0.2, 0.25) is 0 Å². The lowest BCUT2D eigenvalue weighted by Crippen LogP contribution is -2.43. The summed E-state index contributed by atoms with van der Waals surface area (Å²) in [6, 6.07) is -4.86. The van der Waals surface area contributed by atoms with Gasteiger partial charge in [-0.05, 0) is 0 Å². The first-order chi connectivity index (χ1) is 3.89. The molecule has 0 atom stereocenters. The maximum atomic E-state index is 11.4. The molecular formula is C2H2F4N2O. The van der Waals surface area contributed by atoms with Crippen molar-refractivity contribution in [2.75, 3.05) is 0 Å². The van der Waals surface area contributed by atoms with E-state index in [1.54, 1.807) is 0 Å². The van der Waals surface area contributed by atoms with Gasteiger partial charge in [-0.2, -0.15) is 8.78 Å². The summed E-state index contributed by atoms with van der Waals surface area (Å²) in [4.78, 5) is 9.41. The van der Waals surface area contributed by atoms with Crippen molar-refractivity contribution in [1.29, 1.82) is 0 Å². The Morgan fingerprint density at radius 1 is 1.44 bits per heavy atom. The van der Waals surface area contributed by atoms with E-state index in [1.807, 2.05) is 0 Å². The van der Waals surface area contributed by atoms with Gasteiger partial charge in [-0.25, -0.2) is 0 Å². The highest BCUT2D eigenvalue weighted by atomic mass is 19.4. The number of alkyl halides is 2. The maximum absolute atomic E-state index is 11.4. The number of hydrogen-bond acceptors (Lipinski definition) is 2. The molecule has 0 radical (unpaired) electrons. The van der Waals surface area contributed by atoms with Crippen molar-refractivity contribution >= 4 is 5.91 Å². The Kier molecular flexibility index (Phi) is 1.97. The number of rotatable bonds is 2. The molecule has 1 amide bonds. The van der Waals surface area contributed by atoms with Crippen LogP contribution in [0, 0.1) is 0 Å². The molecule has 0 aliphatic rings. The SMILES string of the molecule is NC(=O)C(F)(F)N(F)F. The van der Waals surface area contributed by atoms with Crippen LogP contribution in [-0.4, -0.2) is 17.3 Å². The molecule has 0 heterocycles. The average Bonchev–Trinajstić information content (AvgIpc) is 1.65. The predicted molar refractivity (Wildman–Crippen MR) is 18.2 cm³/mol. The second kappa shape index (κ2) is 2.18. The Bertz CT molecular complexity index is 124. The van der Waals surface area contributed by atoms with E-state index in [1.165, 1.54) is 0 Å². The second-order valence-corrected chi connectivity index (χ2v) is 1.14. The molecule has 0 rings (SSSR count). The molecule has 0 fully saturated rings. The molecule has 2 N–H and O–H groups in total. The van der Waals surface area contributed by atoms with Crippen LogP contribution in [0.2, 0.25) is 0 Å². The molecule has 0 spiro atoms. The van der Waals surface area contributed by atoms with Crippen LogP contribution >= 0.6 is 0 Å². The smallest absolute Gasteiger partial charge is 0.363 e. The summed E-state index contributed by atoms with van der Waals surface area (Å²) in [5.41, 5.74) is 3.86. The first-order valence-corrected chi connectivity index (χ1v) is 1.68. The van der Waals surface area contributed by atoms with E-state index in [0.717, 1.165) is 0 Å². The van der Waals surface area contributed by atoms with E-state index in [9.17, 15) is 22.5 Å². The summed E-state index contributed by atoms with van der Waals surface area (Å²) in [6.45, 7) is 0. The summed E-state index contributed by atoms with van der Waals surface area (Å²) in [6.07, 6.45) is 0. The molecule has 9 heavy (non-hydrogen) atoms. The van der Waals surface area contributed by atoms with Crippen molar-refractivity contribution in [2.45, 2.75) is 6.05 Å². The molecule has 0 aliphatic carbocycles. The number of nitrogens with zero attached hydrogens (tertiary/aromatic N) is 1. The van der Waals surface area contributed by atoms with Gasteiger partial charge in [0.15, 0.2) is 0 Å². The highest BCUT2D eigenvalue weighted by Gasteiger charge is 2.46. The van der Waals surface area contributed by atoms with Crippen LogP contribution in [0.25, 0.3) is 0 Å². The van der Waals surface area contributed by atoms with Crippen molar-refractivity contribution in [2.24, 2.45) is 5.73 Å². The van der Waals surface area contributed by atoms with Gasteiger partial charge in [-0.1, -0.05) is 8.96 Å². The molecule has 0 aromatic rings. The number of nitrogens with two attached hydrogens (primary N) is 1. The quantitative estimate of drug-likeness (QED) is 0.342. The van der Waals surface area contributed by atoms with E-state index >= 15 is 0 Å². The van der Waals surface area contributed by atoms with E-state index in [0.29, 0.717) is 0 Å². The number of primary amides is 1. The molecule has 0 unspecified atom stereocenters. The van der Waals surface area contributed by atoms with Gasteiger partial charge in [0, 0.05) is 0 Å². The van der Waals surface area contributed by atoms with Gasteiger partial charge >= 0.3 is 12.0 Å². The van der Waals surface area contributed by atoms with E-state index in [2.05, 4.69) is 5.73 Å². The lowest BCUT2D eigenvalue weighted by molar-refractivity contribution is -0.313. The standard InChI is InChI=1S/C2H2F4N2O/c3-2(4,1(7)9)8(5)6/h(H2,7,9). The normalized spacial score (nSPS) is 12.1. The Hall–Kier alpha value is -0.850. The fraction of sp³-hybridized carbons (Fsp3) is 0.500. The fourth-order valence-corrected chi connectivity index (χ4v) is 0.0833. The van der Waals surface area contributed by atoms with Crippen molar-refractivity contribution in [3.05, 3.63) is 0 Å². The van der Waals surface area contributed by atoms with Crippen LogP contribution in [0.5, 0.6) is 0 Å². The van der Waals surface area contributed by atoms with Crippen LogP contribution in [-0.2, 0) is 4.79 Å². The minimum absolute atomic E-state index is 2.38. The van der Waals surface area contributed by atoms with E-state index < -0.39 is 17.3 Å². The molecule has 0 aromatic heterocycles. The summed E-state index contributed by atoms with van der Waals surface area (Å²) in [7, 11) is 0. The van der Waals surface area contributed by atoms with Gasteiger partial charge < -0.3 is 5.73 Å². The highest BCUT2D eigenvalue weighted by Crippen LogP contribution is 2.19. The number of amides is 1. The zero-order valence-electron chi connectivity index (χ0n) is 3.94. The first kappa shape index (κ1) is 8.15. The topological polar surface area (TPSA) is 46.3 Å². The minimum Gasteiger partial charge on any atom is -0.363 e. The summed E-state index contributed by atoms with van der Waals surface area (Å²) in [5, 5.41) is -2.55.